The molecule has 0 aromatic carbocycles. The zero-order chi connectivity index (χ0) is 11.3. The van der Waals surface area contributed by atoms with Crippen molar-refractivity contribution in [1.82, 2.24) is 4.90 Å². The van der Waals surface area contributed by atoms with Gasteiger partial charge in [-0.1, -0.05) is 26.7 Å². The molecule has 1 saturated heterocycles. The number of hydrogen-bond acceptors (Lipinski definition) is 2. The third-order valence-corrected chi connectivity index (χ3v) is 3.53. The Hall–Kier alpha value is -0.570. The molecule has 0 amide bonds. The largest absolute Gasteiger partial charge is 0.386 e. The van der Waals surface area contributed by atoms with E-state index in [1.165, 1.54) is 25.7 Å². The van der Waals surface area contributed by atoms with Gasteiger partial charge in [0.1, 0.15) is 5.84 Å². The van der Waals surface area contributed by atoms with E-state index in [0.29, 0.717) is 5.84 Å². The van der Waals surface area contributed by atoms with Crippen LogP contribution in [0.15, 0.2) is 0 Å². The zero-order valence-corrected chi connectivity index (χ0v) is 10.1. The molecule has 3 heteroatoms. The summed E-state index contributed by atoms with van der Waals surface area (Å²) < 4.78 is 0. The van der Waals surface area contributed by atoms with Crippen LogP contribution in [0.3, 0.4) is 0 Å². The molecule has 1 heterocycles. The molecule has 0 aromatic rings. The number of rotatable bonds is 5. The third kappa shape index (κ3) is 3.49. The maximum Gasteiger partial charge on any atom is 0.108 e. The minimum Gasteiger partial charge on any atom is -0.386 e. The zero-order valence-electron chi connectivity index (χ0n) is 10.1. The number of nitrogens with zero attached hydrogens (tertiary/aromatic N) is 1. The van der Waals surface area contributed by atoms with E-state index in [-0.39, 0.29) is 6.04 Å². The maximum atomic E-state index is 7.56. The first-order valence-corrected chi connectivity index (χ1v) is 6.27. The van der Waals surface area contributed by atoms with Crippen LogP contribution in [0.4, 0.5) is 0 Å². The molecule has 15 heavy (non-hydrogen) atoms. The van der Waals surface area contributed by atoms with E-state index in [9.17, 15) is 0 Å². The number of hydrogen-bond donors (Lipinski definition) is 2. The summed E-state index contributed by atoms with van der Waals surface area (Å²) in [7, 11) is 0. The summed E-state index contributed by atoms with van der Waals surface area (Å²) in [5.41, 5.74) is 5.61. The van der Waals surface area contributed by atoms with E-state index in [0.717, 1.165) is 25.4 Å². The lowest BCUT2D eigenvalue weighted by atomic mass is 9.91. The van der Waals surface area contributed by atoms with Crippen molar-refractivity contribution in [2.45, 2.75) is 52.0 Å². The van der Waals surface area contributed by atoms with Crippen molar-refractivity contribution in [2.75, 3.05) is 13.1 Å². The third-order valence-electron chi connectivity index (χ3n) is 3.53. The Kier molecular flexibility index (Phi) is 5.09. The Bertz CT molecular complexity index is 195. The van der Waals surface area contributed by atoms with Gasteiger partial charge in [-0.25, -0.2) is 0 Å². The normalized spacial score (nSPS) is 21.5. The van der Waals surface area contributed by atoms with Crippen molar-refractivity contribution in [3.8, 4) is 0 Å². The van der Waals surface area contributed by atoms with Crippen LogP contribution >= 0.6 is 0 Å². The molecule has 3 nitrogen and oxygen atoms in total. The second-order valence-corrected chi connectivity index (χ2v) is 4.65. The molecule has 1 rings (SSSR count). The van der Waals surface area contributed by atoms with E-state index in [4.69, 9.17) is 11.1 Å². The smallest absolute Gasteiger partial charge is 0.108 e. The number of likely N-dealkylation sites (tertiary alicyclic amines) is 1. The monoisotopic (exact) mass is 211 g/mol. The summed E-state index contributed by atoms with van der Waals surface area (Å²) in [4.78, 5) is 2.38. The first-order chi connectivity index (χ1) is 7.19. The van der Waals surface area contributed by atoms with E-state index < -0.39 is 0 Å². The molecule has 0 bridgehead atoms. The van der Waals surface area contributed by atoms with Gasteiger partial charge in [0.15, 0.2) is 0 Å². The topological polar surface area (TPSA) is 53.1 Å². The van der Waals surface area contributed by atoms with Gasteiger partial charge in [0, 0.05) is 0 Å². The summed E-state index contributed by atoms with van der Waals surface area (Å²) in [5.74, 6) is 1.25. The van der Waals surface area contributed by atoms with Crippen LogP contribution in [0.1, 0.15) is 46.0 Å². The summed E-state index contributed by atoms with van der Waals surface area (Å²) >= 11 is 0. The standard InChI is InChI=1S/C12H25N3/c1-3-5-10-6-8-15(9-7-10)11(4-2)12(13)14/h10-11H,3-9H2,1-2H3,(H3,13,14). The Morgan fingerprint density at radius 3 is 2.40 bits per heavy atom. The second-order valence-electron chi connectivity index (χ2n) is 4.65. The van der Waals surface area contributed by atoms with Crippen LogP contribution in [0.25, 0.3) is 0 Å². The highest BCUT2D eigenvalue weighted by molar-refractivity contribution is 5.82. The predicted molar refractivity (Wildman–Crippen MR) is 65.2 cm³/mol. The quantitative estimate of drug-likeness (QED) is 0.541. The molecule has 0 saturated carbocycles. The lowest BCUT2D eigenvalue weighted by Gasteiger charge is -2.36. The fraction of sp³-hybridized carbons (Fsp3) is 0.917. The second kappa shape index (κ2) is 6.11. The molecule has 3 N–H and O–H groups in total. The predicted octanol–water partition coefficient (Wildman–Crippen LogP) is 2.21. The summed E-state index contributed by atoms with van der Waals surface area (Å²) in [6.45, 7) is 6.63. The molecular formula is C12H25N3. The maximum absolute atomic E-state index is 7.56. The minimum atomic E-state index is 0.188. The van der Waals surface area contributed by atoms with Crippen LogP contribution in [0.2, 0.25) is 0 Å². The Morgan fingerprint density at radius 2 is 2.00 bits per heavy atom. The van der Waals surface area contributed by atoms with Gasteiger partial charge in [0.2, 0.25) is 0 Å². The first-order valence-electron chi connectivity index (χ1n) is 6.27. The van der Waals surface area contributed by atoms with Crippen molar-refractivity contribution < 1.29 is 0 Å². The van der Waals surface area contributed by atoms with Gasteiger partial charge in [0.05, 0.1) is 6.04 Å². The Labute approximate surface area is 93.5 Å². The SMILES string of the molecule is CCCC1CCN(C(CC)C(=N)N)CC1. The van der Waals surface area contributed by atoms with Crippen LogP contribution < -0.4 is 5.73 Å². The van der Waals surface area contributed by atoms with Crippen molar-refractivity contribution in [3.63, 3.8) is 0 Å². The molecule has 1 unspecified atom stereocenters. The summed E-state index contributed by atoms with van der Waals surface area (Å²) in [5, 5.41) is 7.56. The van der Waals surface area contributed by atoms with E-state index in [1.54, 1.807) is 0 Å². The Morgan fingerprint density at radius 1 is 1.40 bits per heavy atom. The van der Waals surface area contributed by atoms with Gasteiger partial charge in [-0.3, -0.25) is 10.3 Å². The molecule has 1 aliphatic rings. The average Bonchev–Trinajstić information content (AvgIpc) is 2.21. The van der Waals surface area contributed by atoms with Gasteiger partial charge >= 0.3 is 0 Å². The molecule has 0 aliphatic carbocycles. The molecule has 1 aliphatic heterocycles. The minimum absolute atomic E-state index is 0.188. The van der Waals surface area contributed by atoms with Gasteiger partial charge < -0.3 is 5.73 Å². The molecule has 0 spiro atoms. The molecular weight excluding hydrogens is 186 g/mol. The number of amidine groups is 1. The van der Waals surface area contributed by atoms with E-state index in [1.807, 2.05) is 0 Å². The van der Waals surface area contributed by atoms with Crippen LogP contribution in [-0.2, 0) is 0 Å². The highest BCUT2D eigenvalue weighted by atomic mass is 15.2. The summed E-state index contributed by atoms with van der Waals surface area (Å²) in [6.07, 6.45) is 6.21. The molecule has 1 atom stereocenters. The van der Waals surface area contributed by atoms with Gasteiger partial charge in [0.25, 0.3) is 0 Å². The lowest BCUT2D eigenvalue weighted by Crippen LogP contribution is -2.47. The lowest BCUT2D eigenvalue weighted by molar-refractivity contribution is 0.154. The number of nitrogens with one attached hydrogen (secondary N) is 1. The van der Waals surface area contributed by atoms with Crippen molar-refractivity contribution in [1.29, 1.82) is 5.41 Å². The Balaban J connectivity index is 2.38. The van der Waals surface area contributed by atoms with Crippen molar-refractivity contribution in [2.24, 2.45) is 11.7 Å². The number of piperidine rings is 1. The fourth-order valence-corrected chi connectivity index (χ4v) is 2.64. The van der Waals surface area contributed by atoms with Gasteiger partial charge in [-0.2, -0.15) is 0 Å². The van der Waals surface area contributed by atoms with E-state index in [2.05, 4.69) is 18.7 Å². The van der Waals surface area contributed by atoms with Crippen LogP contribution in [0.5, 0.6) is 0 Å². The van der Waals surface area contributed by atoms with E-state index >= 15 is 0 Å². The fourth-order valence-electron chi connectivity index (χ4n) is 2.64. The number of nitrogens with two attached hydrogens (primary N) is 1. The molecule has 0 radical (unpaired) electrons. The van der Waals surface area contributed by atoms with Gasteiger partial charge in [-0.05, 0) is 38.3 Å². The highest BCUT2D eigenvalue weighted by Crippen LogP contribution is 2.23. The van der Waals surface area contributed by atoms with Crippen molar-refractivity contribution in [3.05, 3.63) is 0 Å². The van der Waals surface area contributed by atoms with Crippen molar-refractivity contribution >= 4 is 5.84 Å². The van der Waals surface area contributed by atoms with Crippen LogP contribution in [-0.4, -0.2) is 29.9 Å². The molecule has 1 fully saturated rings. The summed E-state index contributed by atoms with van der Waals surface area (Å²) in [6, 6.07) is 0.188. The molecule has 88 valence electrons. The van der Waals surface area contributed by atoms with Gasteiger partial charge in [-0.15, -0.1) is 0 Å². The molecule has 0 aromatic heterocycles. The highest BCUT2D eigenvalue weighted by Gasteiger charge is 2.24. The average molecular weight is 211 g/mol. The van der Waals surface area contributed by atoms with Crippen LogP contribution in [0, 0.1) is 11.3 Å². The first kappa shape index (κ1) is 12.5.